The number of amides is 1. The number of halogens is 1. The van der Waals surface area contributed by atoms with Crippen LogP contribution in [0.4, 0.5) is 0 Å². The van der Waals surface area contributed by atoms with Crippen molar-refractivity contribution in [3.8, 4) is 0 Å². The van der Waals surface area contributed by atoms with Gasteiger partial charge in [-0.3, -0.25) is 4.79 Å². The van der Waals surface area contributed by atoms with E-state index in [1.54, 1.807) is 24.3 Å². The molecule has 1 N–H and O–H groups in total. The Bertz CT molecular complexity index is 603. The summed E-state index contributed by atoms with van der Waals surface area (Å²) in [7, 11) is 0. The van der Waals surface area contributed by atoms with Crippen molar-refractivity contribution in [3.05, 3.63) is 70.7 Å². The molecule has 0 aliphatic heterocycles. The molecular formula is C17H16ClNO. The summed E-state index contributed by atoms with van der Waals surface area (Å²) in [5.74, 6) is -0.0368. The summed E-state index contributed by atoms with van der Waals surface area (Å²) in [6, 6.07) is 17.2. The molecule has 0 heterocycles. The van der Waals surface area contributed by atoms with E-state index in [1.807, 2.05) is 18.2 Å². The van der Waals surface area contributed by atoms with Crippen LogP contribution in [0.3, 0.4) is 0 Å². The van der Waals surface area contributed by atoms with Gasteiger partial charge < -0.3 is 5.32 Å². The Kier molecular flexibility index (Phi) is 3.49. The van der Waals surface area contributed by atoms with Gasteiger partial charge in [-0.2, -0.15) is 0 Å². The third-order valence-corrected chi connectivity index (χ3v) is 4.24. The second kappa shape index (κ2) is 5.29. The zero-order valence-electron chi connectivity index (χ0n) is 11.1. The lowest BCUT2D eigenvalue weighted by molar-refractivity contribution is 0.0823. The normalized spacial score (nSPS) is 16.2. The number of carbonyl (C=O) groups excluding carboxylic acids is 1. The largest absolute Gasteiger partial charge is 0.343 e. The maximum absolute atomic E-state index is 12.4. The lowest BCUT2D eigenvalue weighted by atomic mass is 9.71. The lowest BCUT2D eigenvalue weighted by Gasteiger charge is -2.43. The zero-order valence-corrected chi connectivity index (χ0v) is 11.9. The van der Waals surface area contributed by atoms with E-state index in [2.05, 4.69) is 17.4 Å². The topological polar surface area (TPSA) is 29.1 Å². The zero-order chi connectivity index (χ0) is 14.0. The van der Waals surface area contributed by atoms with Gasteiger partial charge >= 0.3 is 0 Å². The average Bonchev–Trinajstić information content (AvgIpc) is 2.44. The van der Waals surface area contributed by atoms with Crippen LogP contribution in [-0.2, 0) is 5.54 Å². The monoisotopic (exact) mass is 285 g/mol. The maximum Gasteiger partial charge on any atom is 0.251 e. The molecule has 0 bridgehead atoms. The first-order valence-corrected chi connectivity index (χ1v) is 7.21. The molecule has 1 amide bonds. The molecule has 1 aliphatic rings. The number of benzene rings is 2. The highest BCUT2D eigenvalue weighted by molar-refractivity contribution is 6.30. The average molecular weight is 286 g/mol. The van der Waals surface area contributed by atoms with Crippen LogP contribution < -0.4 is 5.32 Å². The molecule has 0 unspecified atom stereocenters. The lowest BCUT2D eigenvalue weighted by Crippen LogP contribution is -2.50. The third kappa shape index (κ3) is 2.44. The molecule has 0 spiro atoms. The Labute approximate surface area is 123 Å². The second-order valence-corrected chi connectivity index (χ2v) is 5.70. The molecular weight excluding hydrogens is 270 g/mol. The van der Waals surface area contributed by atoms with Gasteiger partial charge in [0, 0.05) is 10.6 Å². The van der Waals surface area contributed by atoms with E-state index in [4.69, 9.17) is 11.6 Å². The minimum absolute atomic E-state index is 0.0368. The van der Waals surface area contributed by atoms with Crippen molar-refractivity contribution in [1.29, 1.82) is 0 Å². The van der Waals surface area contributed by atoms with E-state index in [-0.39, 0.29) is 11.4 Å². The quantitative estimate of drug-likeness (QED) is 0.902. The Hall–Kier alpha value is -1.80. The minimum atomic E-state index is -0.196. The van der Waals surface area contributed by atoms with Gasteiger partial charge in [-0.15, -0.1) is 0 Å². The minimum Gasteiger partial charge on any atom is -0.343 e. The molecule has 102 valence electrons. The van der Waals surface area contributed by atoms with E-state index >= 15 is 0 Å². The summed E-state index contributed by atoms with van der Waals surface area (Å²) >= 11 is 5.85. The van der Waals surface area contributed by atoms with E-state index in [0.717, 1.165) is 19.3 Å². The van der Waals surface area contributed by atoms with Gasteiger partial charge in [0.1, 0.15) is 0 Å². The Morgan fingerprint density at radius 3 is 2.20 bits per heavy atom. The fourth-order valence-electron chi connectivity index (χ4n) is 2.66. The molecule has 1 aliphatic carbocycles. The summed E-state index contributed by atoms with van der Waals surface area (Å²) in [4.78, 5) is 12.4. The molecule has 3 heteroatoms. The fourth-order valence-corrected chi connectivity index (χ4v) is 2.79. The predicted molar refractivity (Wildman–Crippen MR) is 80.9 cm³/mol. The summed E-state index contributed by atoms with van der Waals surface area (Å²) < 4.78 is 0. The number of carbonyl (C=O) groups is 1. The van der Waals surface area contributed by atoms with Crippen LogP contribution in [0.5, 0.6) is 0 Å². The predicted octanol–water partition coefficient (Wildman–Crippen LogP) is 4.15. The van der Waals surface area contributed by atoms with Crippen LogP contribution in [0.1, 0.15) is 35.2 Å². The third-order valence-electron chi connectivity index (χ3n) is 3.99. The molecule has 2 aromatic carbocycles. The Morgan fingerprint density at radius 1 is 1.00 bits per heavy atom. The van der Waals surface area contributed by atoms with Gasteiger partial charge in [-0.05, 0) is 49.1 Å². The fraction of sp³-hybridized carbons (Fsp3) is 0.235. The summed E-state index contributed by atoms with van der Waals surface area (Å²) in [5.41, 5.74) is 1.64. The Balaban J connectivity index is 1.82. The maximum atomic E-state index is 12.4. The molecule has 2 aromatic rings. The first-order valence-electron chi connectivity index (χ1n) is 6.83. The van der Waals surface area contributed by atoms with Crippen LogP contribution in [-0.4, -0.2) is 5.91 Å². The van der Waals surface area contributed by atoms with Crippen molar-refractivity contribution in [2.75, 3.05) is 0 Å². The van der Waals surface area contributed by atoms with E-state index in [1.165, 1.54) is 5.56 Å². The van der Waals surface area contributed by atoms with Crippen molar-refractivity contribution >= 4 is 17.5 Å². The number of rotatable bonds is 3. The Morgan fingerprint density at radius 2 is 1.65 bits per heavy atom. The van der Waals surface area contributed by atoms with Gasteiger partial charge in [0.2, 0.25) is 0 Å². The van der Waals surface area contributed by atoms with E-state index in [0.29, 0.717) is 10.6 Å². The van der Waals surface area contributed by atoms with Gasteiger partial charge in [-0.1, -0.05) is 41.9 Å². The molecule has 1 fully saturated rings. The highest BCUT2D eigenvalue weighted by Gasteiger charge is 2.39. The first-order chi connectivity index (χ1) is 9.70. The van der Waals surface area contributed by atoms with Gasteiger partial charge in [0.15, 0.2) is 0 Å². The smallest absolute Gasteiger partial charge is 0.251 e. The van der Waals surface area contributed by atoms with Crippen LogP contribution in [0.2, 0.25) is 5.02 Å². The molecule has 0 aromatic heterocycles. The number of hydrogen-bond donors (Lipinski definition) is 1. The first kappa shape index (κ1) is 13.2. The number of hydrogen-bond acceptors (Lipinski definition) is 1. The van der Waals surface area contributed by atoms with Gasteiger partial charge in [0.25, 0.3) is 5.91 Å². The van der Waals surface area contributed by atoms with Crippen molar-refractivity contribution in [2.24, 2.45) is 0 Å². The second-order valence-electron chi connectivity index (χ2n) is 5.26. The van der Waals surface area contributed by atoms with Crippen LogP contribution in [0, 0.1) is 0 Å². The van der Waals surface area contributed by atoms with Crippen LogP contribution >= 0.6 is 11.6 Å². The van der Waals surface area contributed by atoms with Gasteiger partial charge in [-0.25, -0.2) is 0 Å². The number of nitrogens with one attached hydrogen (secondary N) is 1. The molecule has 0 radical (unpaired) electrons. The molecule has 2 nitrogen and oxygen atoms in total. The van der Waals surface area contributed by atoms with Crippen molar-refractivity contribution < 1.29 is 4.79 Å². The van der Waals surface area contributed by atoms with Crippen molar-refractivity contribution in [3.63, 3.8) is 0 Å². The van der Waals surface area contributed by atoms with Gasteiger partial charge in [0.05, 0.1) is 5.54 Å². The summed E-state index contributed by atoms with van der Waals surface area (Å²) in [6.07, 6.45) is 3.14. The highest BCUT2D eigenvalue weighted by atomic mass is 35.5. The standard InChI is InChI=1S/C17H16ClNO/c18-15-9-7-13(8-10-15)16(20)19-17(11-4-12-17)14-5-2-1-3-6-14/h1-3,5-10H,4,11-12H2,(H,19,20). The van der Waals surface area contributed by atoms with E-state index < -0.39 is 0 Å². The SMILES string of the molecule is O=C(NC1(c2ccccc2)CCC1)c1ccc(Cl)cc1. The van der Waals surface area contributed by atoms with E-state index in [9.17, 15) is 4.79 Å². The summed E-state index contributed by atoms with van der Waals surface area (Å²) in [6.45, 7) is 0. The van der Waals surface area contributed by atoms with Crippen LogP contribution in [0.15, 0.2) is 54.6 Å². The van der Waals surface area contributed by atoms with Crippen molar-refractivity contribution in [2.45, 2.75) is 24.8 Å². The van der Waals surface area contributed by atoms with Crippen molar-refractivity contribution in [1.82, 2.24) is 5.32 Å². The van der Waals surface area contributed by atoms with Crippen LogP contribution in [0.25, 0.3) is 0 Å². The molecule has 1 saturated carbocycles. The molecule has 0 saturated heterocycles. The summed E-state index contributed by atoms with van der Waals surface area (Å²) in [5, 5.41) is 3.84. The molecule has 0 atom stereocenters. The highest BCUT2D eigenvalue weighted by Crippen LogP contribution is 2.41. The molecule has 20 heavy (non-hydrogen) atoms. The molecule has 3 rings (SSSR count).